The highest BCUT2D eigenvalue weighted by Crippen LogP contribution is 2.51. The van der Waals surface area contributed by atoms with Gasteiger partial charge in [-0.3, -0.25) is 4.79 Å². The Morgan fingerprint density at radius 3 is 2.47 bits per heavy atom. The summed E-state index contributed by atoms with van der Waals surface area (Å²) < 4.78 is 0. The molecule has 15 heavy (non-hydrogen) atoms. The van der Waals surface area contributed by atoms with Crippen LogP contribution in [0.3, 0.4) is 0 Å². The molecule has 1 spiro atoms. The van der Waals surface area contributed by atoms with Crippen molar-refractivity contribution in [3.63, 3.8) is 0 Å². The van der Waals surface area contributed by atoms with Gasteiger partial charge in [0, 0.05) is 11.0 Å². The van der Waals surface area contributed by atoms with Gasteiger partial charge in [-0.05, 0) is 37.7 Å². The molecule has 0 saturated heterocycles. The van der Waals surface area contributed by atoms with E-state index in [0.717, 1.165) is 37.7 Å². The summed E-state index contributed by atoms with van der Waals surface area (Å²) in [5.41, 5.74) is 2.50. The molecule has 0 aromatic rings. The van der Waals surface area contributed by atoms with Crippen molar-refractivity contribution >= 4 is 5.78 Å². The van der Waals surface area contributed by atoms with Crippen molar-refractivity contribution in [2.24, 2.45) is 5.41 Å². The number of allylic oxidation sites excluding steroid dienone is 4. The number of Topliss-reactive ketones (excluding diaryl/α,β-unsaturated/α-hetero) is 1. The van der Waals surface area contributed by atoms with Crippen LogP contribution in [0, 0.1) is 5.41 Å². The van der Waals surface area contributed by atoms with E-state index in [2.05, 4.69) is 12.2 Å². The summed E-state index contributed by atoms with van der Waals surface area (Å²) in [6.07, 6.45) is 13.9. The van der Waals surface area contributed by atoms with Crippen LogP contribution in [0.15, 0.2) is 23.3 Å². The van der Waals surface area contributed by atoms with E-state index in [1.165, 1.54) is 24.8 Å². The van der Waals surface area contributed by atoms with Gasteiger partial charge in [-0.1, -0.05) is 31.4 Å². The predicted molar refractivity (Wildman–Crippen MR) is 60.5 cm³/mol. The summed E-state index contributed by atoms with van der Waals surface area (Å²) >= 11 is 0. The molecule has 0 N–H and O–H groups in total. The molecule has 0 heterocycles. The van der Waals surface area contributed by atoms with E-state index >= 15 is 0 Å². The summed E-state index contributed by atoms with van der Waals surface area (Å²) in [6.45, 7) is 0. The number of rotatable bonds is 0. The first kappa shape index (κ1) is 9.38. The van der Waals surface area contributed by atoms with Crippen LogP contribution in [0.25, 0.3) is 0 Å². The first-order valence-electron chi connectivity index (χ1n) is 6.26. The van der Waals surface area contributed by atoms with Gasteiger partial charge in [0.15, 0.2) is 5.78 Å². The second kappa shape index (κ2) is 3.33. The Morgan fingerprint density at radius 2 is 1.73 bits per heavy atom. The minimum Gasteiger partial charge on any atom is -0.294 e. The smallest absolute Gasteiger partial charge is 0.169 e. The topological polar surface area (TPSA) is 17.1 Å². The average molecular weight is 202 g/mol. The van der Waals surface area contributed by atoms with Gasteiger partial charge in [0.1, 0.15) is 0 Å². The third-order valence-electron chi connectivity index (χ3n) is 4.32. The largest absolute Gasteiger partial charge is 0.294 e. The first-order chi connectivity index (χ1) is 7.32. The van der Waals surface area contributed by atoms with Gasteiger partial charge in [-0.2, -0.15) is 0 Å². The van der Waals surface area contributed by atoms with Gasteiger partial charge < -0.3 is 0 Å². The summed E-state index contributed by atoms with van der Waals surface area (Å²) in [6, 6.07) is 0. The van der Waals surface area contributed by atoms with Gasteiger partial charge in [-0.15, -0.1) is 0 Å². The lowest BCUT2D eigenvalue weighted by Crippen LogP contribution is -2.28. The molecule has 3 rings (SSSR count). The molecule has 3 aliphatic carbocycles. The minimum atomic E-state index is 0.0419. The van der Waals surface area contributed by atoms with Crippen molar-refractivity contribution in [3.8, 4) is 0 Å². The number of hydrogen-bond donors (Lipinski definition) is 0. The molecule has 0 bridgehead atoms. The highest BCUT2D eigenvalue weighted by atomic mass is 16.1. The minimum absolute atomic E-state index is 0.0419. The Labute approximate surface area is 91.2 Å². The predicted octanol–water partition coefficient (Wildman–Crippen LogP) is 3.56. The van der Waals surface area contributed by atoms with Crippen LogP contribution in [0.1, 0.15) is 51.4 Å². The van der Waals surface area contributed by atoms with Gasteiger partial charge in [0.2, 0.25) is 0 Å². The summed E-state index contributed by atoms with van der Waals surface area (Å²) in [7, 11) is 0. The SMILES string of the molecule is O=C1C2=CCCC=C2CC12CCCCC2. The Bertz CT molecular complexity index is 354. The van der Waals surface area contributed by atoms with Crippen LogP contribution in [-0.2, 0) is 4.79 Å². The van der Waals surface area contributed by atoms with E-state index in [9.17, 15) is 4.79 Å². The maximum atomic E-state index is 12.4. The second-order valence-corrected chi connectivity index (χ2v) is 5.27. The number of carbonyl (C=O) groups excluding carboxylic acids is 1. The molecular formula is C14H18O. The van der Waals surface area contributed by atoms with Crippen molar-refractivity contribution in [1.82, 2.24) is 0 Å². The lowest BCUT2D eigenvalue weighted by Gasteiger charge is -2.30. The van der Waals surface area contributed by atoms with Crippen LogP contribution in [0.2, 0.25) is 0 Å². The fourth-order valence-corrected chi connectivity index (χ4v) is 3.50. The van der Waals surface area contributed by atoms with Crippen LogP contribution < -0.4 is 0 Å². The van der Waals surface area contributed by atoms with Crippen molar-refractivity contribution in [1.29, 1.82) is 0 Å². The van der Waals surface area contributed by atoms with E-state index in [1.54, 1.807) is 0 Å². The molecule has 0 aliphatic heterocycles. The third-order valence-corrected chi connectivity index (χ3v) is 4.32. The molecular weight excluding hydrogens is 184 g/mol. The highest BCUT2D eigenvalue weighted by molar-refractivity contribution is 6.07. The number of fused-ring (bicyclic) bond motifs is 1. The summed E-state index contributed by atoms with van der Waals surface area (Å²) in [5, 5.41) is 0. The zero-order valence-electron chi connectivity index (χ0n) is 9.22. The average Bonchev–Trinajstić information content (AvgIpc) is 2.54. The Morgan fingerprint density at radius 1 is 1.00 bits per heavy atom. The molecule has 1 nitrogen and oxygen atoms in total. The van der Waals surface area contributed by atoms with Crippen molar-refractivity contribution in [2.75, 3.05) is 0 Å². The summed E-state index contributed by atoms with van der Waals surface area (Å²) in [4.78, 5) is 12.4. The maximum Gasteiger partial charge on any atom is 0.169 e. The van der Waals surface area contributed by atoms with Crippen LogP contribution in [0.5, 0.6) is 0 Å². The van der Waals surface area contributed by atoms with Crippen molar-refractivity contribution in [3.05, 3.63) is 23.3 Å². The molecule has 3 aliphatic rings. The zero-order valence-corrected chi connectivity index (χ0v) is 9.22. The Hall–Kier alpha value is -0.850. The molecule has 80 valence electrons. The normalized spacial score (nSPS) is 28.7. The second-order valence-electron chi connectivity index (χ2n) is 5.27. The number of carbonyl (C=O) groups is 1. The molecule has 0 amide bonds. The van der Waals surface area contributed by atoms with E-state index in [4.69, 9.17) is 0 Å². The maximum absolute atomic E-state index is 12.4. The molecule has 0 radical (unpaired) electrons. The Balaban J connectivity index is 1.97. The van der Waals surface area contributed by atoms with Gasteiger partial charge in [0.25, 0.3) is 0 Å². The van der Waals surface area contributed by atoms with Gasteiger partial charge in [-0.25, -0.2) is 0 Å². The van der Waals surface area contributed by atoms with E-state index in [0.29, 0.717) is 5.78 Å². The lowest BCUT2D eigenvalue weighted by atomic mass is 9.72. The Kier molecular flexibility index (Phi) is 2.08. The van der Waals surface area contributed by atoms with Crippen molar-refractivity contribution < 1.29 is 4.79 Å². The molecule has 2 fully saturated rings. The number of hydrogen-bond acceptors (Lipinski definition) is 1. The van der Waals surface area contributed by atoms with E-state index in [1.807, 2.05) is 0 Å². The standard InChI is InChI=1S/C14H18O/c15-13-12-7-3-2-6-11(12)10-14(13)8-4-1-5-9-14/h6-7H,1-5,8-10H2. The first-order valence-corrected chi connectivity index (χ1v) is 6.26. The highest BCUT2D eigenvalue weighted by Gasteiger charge is 2.47. The van der Waals surface area contributed by atoms with Crippen LogP contribution in [-0.4, -0.2) is 5.78 Å². The molecule has 2 saturated carbocycles. The quantitative estimate of drug-likeness (QED) is 0.587. The van der Waals surface area contributed by atoms with E-state index in [-0.39, 0.29) is 5.41 Å². The van der Waals surface area contributed by atoms with E-state index < -0.39 is 0 Å². The monoisotopic (exact) mass is 202 g/mol. The third kappa shape index (κ3) is 1.32. The fourth-order valence-electron chi connectivity index (χ4n) is 3.50. The fraction of sp³-hybridized carbons (Fsp3) is 0.643. The van der Waals surface area contributed by atoms with Crippen LogP contribution >= 0.6 is 0 Å². The summed E-state index contributed by atoms with van der Waals surface area (Å²) in [5.74, 6) is 0.480. The molecule has 1 heteroatoms. The number of ketones is 1. The van der Waals surface area contributed by atoms with Gasteiger partial charge >= 0.3 is 0 Å². The van der Waals surface area contributed by atoms with Crippen LogP contribution in [0.4, 0.5) is 0 Å². The molecule has 0 atom stereocenters. The molecule has 0 unspecified atom stereocenters. The molecule has 0 aromatic carbocycles. The van der Waals surface area contributed by atoms with Crippen molar-refractivity contribution in [2.45, 2.75) is 51.4 Å². The van der Waals surface area contributed by atoms with Gasteiger partial charge in [0.05, 0.1) is 0 Å². The molecule has 0 aromatic heterocycles. The zero-order chi connectivity index (χ0) is 10.3. The lowest BCUT2D eigenvalue weighted by molar-refractivity contribution is -0.124.